The van der Waals surface area contributed by atoms with Gasteiger partial charge in [-0.2, -0.15) is 10.2 Å². The van der Waals surface area contributed by atoms with Crippen LogP contribution in [0.15, 0.2) is 48.5 Å². The van der Waals surface area contributed by atoms with Gasteiger partial charge >= 0.3 is 0 Å². The van der Waals surface area contributed by atoms with Crippen molar-refractivity contribution in [3.63, 3.8) is 0 Å². The van der Waals surface area contributed by atoms with E-state index in [1.807, 2.05) is 43.3 Å². The van der Waals surface area contributed by atoms with Gasteiger partial charge in [-0.25, -0.2) is 4.98 Å². The number of rotatable bonds is 8. The van der Waals surface area contributed by atoms with Gasteiger partial charge in [0.25, 0.3) is 0 Å². The summed E-state index contributed by atoms with van der Waals surface area (Å²) in [5.41, 5.74) is 5.68. The van der Waals surface area contributed by atoms with E-state index in [0.29, 0.717) is 23.7 Å². The maximum Gasteiger partial charge on any atom is 0.220 e. The van der Waals surface area contributed by atoms with Gasteiger partial charge in [-0.05, 0) is 36.1 Å². The molecule has 29 heavy (non-hydrogen) atoms. The van der Waals surface area contributed by atoms with Crippen LogP contribution >= 0.6 is 0 Å². The summed E-state index contributed by atoms with van der Waals surface area (Å²) in [6.45, 7) is 4.13. The van der Waals surface area contributed by atoms with Gasteiger partial charge in [0, 0.05) is 12.0 Å². The average Bonchev–Trinajstić information content (AvgIpc) is 2.75. The Morgan fingerprint density at radius 1 is 1.07 bits per heavy atom. The lowest BCUT2D eigenvalue weighted by atomic mass is 9.97. The first-order valence-corrected chi connectivity index (χ1v) is 9.84. The van der Waals surface area contributed by atoms with Crippen molar-refractivity contribution in [2.75, 3.05) is 13.2 Å². The molecule has 0 radical (unpaired) electrons. The number of hydrogen-bond acceptors (Lipinski definition) is 5. The van der Waals surface area contributed by atoms with Crippen LogP contribution in [0.4, 0.5) is 0 Å². The molecule has 0 aliphatic carbocycles. The normalized spacial score (nSPS) is 10.6. The summed E-state index contributed by atoms with van der Waals surface area (Å²) in [7, 11) is 0. The molecule has 5 heteroatoms. The van der Waals surface area contributed by atoms with Crippen LogP contribution in [-0.2, 0) is 12.8 Å². The molecular weight excluding hydrogens is 362 g/mol. The Bertz CT molecular complexity index is 1010. The Morgan fingerprint density at radius 3 is 2.52 bits per heavy atom. The summed E-state index contributed by atoms with van der Waals surface area (Å²) < 4.78 is 5.71. The molecule has 1 aromatic heterocycles. The molecule has 0 aliphatic heterocycles. The minimum Gasteiger partial charge on any atom is -0.475 e. The number of aryl methyl sites for hydroxylation is 2. The molecule has 0 spiro atoms. The summed E-state index contributed by atoms with van der Waals surface area (Å²) in [6, 6.07) is 18.0. The van der Waals surface area contributed by atoms with Crippen LogP contribution in [-0.4, -0.2) is 28.3 Å². The molecule has 0 unspecified atom stereocenters. The molecule has 2 aromatic carbocycles. The zero-order chi connectivity index (χ0) is 20.6. The number of aromatic nitrogens is 2. The third kappa shape index (κ3) is 4.98. The summed E-state index contributed by atoms with van der Waals surface area (Å²) in [6.07, 6.45) is 2.48. The van der Waals surface area contributed by atoms with E-state index in [1.54, 1.807) is 0 Å². The maximum absolute atomic E-state index is 9.34. The van der Waals surface area contributed by atoms with Gasteiger partial charge in [0.05, 0.1) is 23.9 Å². The first kappa shape index (κ1) is 20.5. The van der Waals surface area contributed by atoms with E-state index in [1.165, 1.54) is 0 Å². The molecule has 5 nitrogen and oxygen atoms in total. The van der Waals surface area contributed by atoms with E-state index in [9.17, 15) is 5.26 Å². The number of nitriles is 1. The Labute approximate surface area is 171 Å². The predicted octanol–water partition coefficient (Wildman–Crippen LogP) is 4.24. The molecule has 0 bridgehead atoms. The van der Waals surface area contributed by atoms with Crippen molar-refractivity contribution < 1.29 is 9.84 Å². The van der Waals surface area contributed by atoms with Gasteiger partial charge in [0.15, 0.2) is 0 Å². The van der Waals surface area contributed by atoms with Crippen molar-refractivity contribution in [1.29, 1.82) is 5.26 Å². The standard InChI is InChI=1S/C24H25N3O2/c1-3-6-23-22(24(29-14-13-28)27-17(2)26-23)15-18-9-11-19(12-10-18)21-8-5-4-7-20(21)16-25/h4-5,7-12,28H,3,6,13-15H2,1-2H3. The number of hydrogen-bond donors (Lipinski definition) is 1. The highest BCUT2D eigenvalue weighted by atomic mass is 16.5. The largest absolute Gasteiger partial charge is 0.475 e. The maximum atomic E-state index is 9.34. The van der Waals surface area contributed by atoms with Crippen molar-refractivity contribution >= 4 is 0 Å². The Hall–Kier alpha value is -3.23. The number of ether oxygens (including phenoxy) is 1. The van der Waals surface area contributed by atoms with Gasteiger partial charge in [0.2, 0.25) is 5.88 Å². The van der Waals surface area contributed by atoms with E-state index in [0.717, 1.165) is 40.8 Å². The molecule has 0 amide bonds. The highest BCUT2D eigenvalue weighted by Crippen LogP contribution is 2.27. The zero-order valence-electron chi connectivity index (χ0n) is 16.9. The van der Waals surface area contributed by atoms with Crippen molar-refractivity contribution in [3.8, 4) is 23.1 Å². The second-order valence-corrected chi connectivity index (χ2v) is 6.85. The second-order valence-electron chi connectivity index (χ2n) is 6.85. The molecule has 3 aromatic rings. The lowest BCUT2D eigenvalue weighted by Crippen LogP contribution is -2.11. The van der Waals surface area contributed by atoms with E-state index >= 15 is 0 Å². The van der Waals surface area contributed by atoms with Crippen LogP contribution in [0.1, 0.15) is 41.6 Å². The smallest absolute Gasteiger partial charge is 0.220 e. The third-order valence-corrected chi connectivity index (χ3v) is 4.68. The fraction of sp³-hybridized carbons (Fsp3) is 0.292. The summed E-state index contributed by atoms with van der Waals surface area (Å²) >= 11 is 0. The van der Waals surface area contributed by atoms with Crippen molar-refractivity contribution in [2.45, 2.75) is 33.1 Å². The van der Waals surface area contributed by atoms with Gasteiger partial charge in [0.1, 0.15) is 12.4 Å². The quantitative estimate of drug-likeness (QED) is 0.625. The van der Waals surface area contributed by atoms with E-state index < -0.39 is 0 Å². The van der Waals surface area contributed by atoms with Crippen LogP contribution in [0, 0.1) is 18.3 Å². The summed E-state index contributed by atoms with van der Waals surface area (Å²) in [4.78, 5) is 9.08. The molecule has 148 valence electrons. The van der Waals surface area contributed by atoms with E-state index in [-0.39, 0.29) is 13.2 Å². The first-order chi connectivity index (χ1) is 14.2. The molecule has 0 saturated heterocycles. The molecular formula is C24H25N3O2. The lowest BCUT2D eigenvalue weighted by Gasteiger charge is -2.15. The Morgan fingerprint density at radius 2 is 1.83 bits per heavy atom. The SMILES string of the molecule is CCCc1nc(C)nc(OCCO)c1Cc1ccc(-c2ccccc2C#N)cc1. The van der Waals surface area contributed by atoms with Gasteiger partial charge in [-0.3, -0.25) is 0 Å². The molecule has 1 N–H and O–H groups in total. The van der Waals surface area contributed by atoms with Gasteiger partial charge in [-0.1, -0.05) is 55.8 Å². The van der Waals surface area contributed by atoms with Crippen molar-refractivity contribution in [1.82, 2.24) is 9.97 Å². The molecule has 1 heterocycles. The van der Waals surface area contributed by atoms with Gasteiger partial charge in [-0.15, -0.1) is 0 Å². The third-order valence-electron chi connectivity index (χ3n) is 4.68. The fourth-order valence-electron chi connectivity index (χ4n) is 3.35. The van der Waals surface area contributed by atoms with Crippen molar-refractivity contribution in [2.24, 2.45) is 0 Å². The highest BCUT2D eigenvalue weighted by molar-refractivity contribution is 5.70. The minimum atomic E-state index is -0.0569. The number of aliphatic hydroxyl groups is 1. The Kier molecular flexibility index (Phi) is 6.94. The summed E-state index contributed by atoms with van der Waals surface area (Å²) in [5.74, 6) is 1.22. The van der Waals surface area contributed by atoms with Crippen molar-refractivity contribution in [3.05, 3.63) is 76.7 Å². The van der Waals surface area contributed by atoms with E-state index in [4.69, 9.17) is 9.84 Å². The van der Waals surface area contributed by atoms with Gasteiger partial charge < -0.3 is 9.84 Å². The van der Waals surface area contributed by atoms with E-state index in [2.05, 4.69) is 35.1 Å². The second kappa shape index (κ2) is 9.81. The molecule has 0 atom stereocenters. The van der Waals surface area contributed by atoms with Crippen LogP contribution < -0.4 is 4.74 Å². The fourth-order valence-corrected chi connectivity index (χ4v) is 3.35. The monoisotopic (exact) mass is 387 g/mol. The van der Waals surface area contributed by atoms with Crippen LogP contribution in [0.2, 0.25) is 0 Å². The zero-order valence-corrected chi connectivity index (χ0v) is 16.9. The molecule has 0 aliphatic rings. The van der Waals surface area contributed by atoms with Crippen LogP contribution in [0.3, 0.4) is 0 Å². The highest BCUT2D eigenvalue weighted by Gasteiger charge is 2.15. The Balaban J connectivity index is 1.92. The average molecular weight is 387 g/mol. The van der Waals surface area contributed by atoms with Crippen LogP contribution in [0.25, 0.3) is 11.1 Å². The predicted molar refractivity (Wildman–Crippen MR) is 113 cm³/mol. The summed E-state index contributed by atoms with van der Waals surface area (Å²) in [5, 5.41) is 18.5. The number of aliphatic hydroxyl groups excluding tert-OH is 1. The lowest BCUT2D eigenvalue weighted by molar-refractivity contribution is 0.195. The number of benzene rings is 2. The molecule has 3 rings (SSSR count). The molecule has 0 fully saturated rings. The first-order valence-electron chi connectivity index (χ1n) is 9.84. The minimum absolute atomic E-state index is 0.0569. The van der Waals surface area contributed by atoms with Crippen LogP contribution in [0.5, 0.6) is 5.88 Å². The topological polar surface area (TPSA) is 79.0 Å². The number of nitrogens with zero attached hydrogens (tertiary/aromatic N) is 3. The molecule has 0 saturated carbocycles.